The van der Waals surface area contributed by atoms with E-state index in [9.17, 15) is 28.8 Å². The Hall–Kier alpha value is -3.96. The van der Waals surface area contributed by atoms with Crippen LogP contribution in [0.3, 0.4) is 0 Å². The lowest BCUT2D eigenvalue weighted by atomic mass is 9.84. The minimum Gasteiger partial charge on any atom is -0.459 e. The van der Waals surface area contributed by atoms with Crippen molar-refractivity contribution in [3.63, 3.8) is 0 Å². The Balaban J connectivity index is 1.82. The fourth-order valence-corrected chi connectivity index (χ4v) is 6.56. The van der Waals surface area contributed by atoms with Gasteiger partial charge in [-0.05, 0) is 60.8 Å². The third-order valence-electron chi connectivity index (χ3n) is 9.25. The van der Waals surface area contributed by atoms with Crippen LogP contribution in [0.15, 0.2) is 30.3 Å². The van der Waals surface area contributed by atoms with Crippen LogP contribution in [0.5, 0.6) is 0 Å². The van der Waals surface area contributed by atoms with Crippen molar-refractivity contribution in [3.8, 4) is 0 Å². The number of ether oxygens (including phenoxy) is 1. The largest absolute Gasteiger partial charge is 0.459 e. The van der Waals surface area contributed by atoms with Gasteiger partial charge in [-0.2, -0.15) is 0 Å². The zero-order chi connectivity index (χ0) is 36.0. The Bertz CT molecular complexity index is 1340. The first-order chi connectivity index (χ1) is 22.3. The molecular formula is C36H55N5O7. The first-order valence-electron chi connectivity index (χ1n) is 17.1. The van der Waals surface area contributed by atoms with E-state index in [2.05, 4.69) is 16.0 Å². The Labute approximate surface area is 284 Å². The lowest BCUT2D eigenvalue weighted by Gasteiger charge is -2.38. The average Bonchev–Trinajstić information content (AvgIpc) is 3.69. The van der Waals surface area contributed by atoms with Gasteiger partial charge >= 0.3 is 12.0 Å². The molecule has 0 spiro atoms. The van der Waals surface area contributed by atoms with Crippen LogP contribution < -0.4 is 21.7 Å². The summed E-state index contributed by atoms with van der Waals surface area (Å²) in [5, 5.41) is 8.34. The first-order valence-corrected chi connectivity index (χ1v) is 17.1. The van der Waals surface area contributed by atoms with Crippen molar-refractivity contribution >= 4 is 35.5 Å². The van der Waals surface area contributed by atoms with Gasteiger partial charge in [-0.1, -0.05) is 91.6 Å². The standard InChI is InChI=1S/C36H55N5O7/c1-21(2)19-36(8,33(46)48-20-24-12-10-9-11-13-24)40-34(47)39-29(35(5,6)7)32(45)41-17-16-25(22(3)4)27(41)31(44)38-26(18-23-14-15-23)28(42)30(37)43/h9-13,21-23,25-27,29H,14-20H2,1-8H3,(H2,37,43)(H,38,44)(H2,39,40,47)/t25-,26?,27+,29-,36?/m1/s1. The summed E-state index contributed by atoms with van der Waals surface area (Å²) in [7, 11) is 0. The average molecular weight is 670 g/mol. The van der Waals surface area contributed by atoms with Gasteiger partial charge in [0.25, 0.3) is 5.91 Å². The maximum absolute atomic E-state index is 14.3. The number of nitrogens with zero attached hydrogens (tertiary/aromatic N) is 1. The van der Waals surface area contributed by atoms with E-state index >= 15 is 0 Å². The number of hydrogen-bond donors (Lipinski definition) is 4. The van der Waals surface area contributed by atoms with Crippen LogP contribution in [0.4, 0.5) is 4.79 Å². The van der Waals surface area contributed by atoms with Gasteiger partial charge in [-0.25, -0.2) is 9.59 Å². The van der Waals surface area contributed by atoms with E-state index in [1.54, 1.807) is 27.7 Å². The fraction of sp³-hybridized carbons (Fsp3) is 0.667. The number of urea groups is 1. The van der Waals surface area contributed by atoms with Gasteiger partial charge < -0.3 is 31.3 Å². The number of amides is 5. The Kier molecular flexibility index (Phi) is 12.8. The topological polar surface area (TPSA) is 177 Å². The number of primary amides is 1. The van der Waals surface area contributed by atoms with Crippen molar-refractivity contribution < 1.29 is 33.5 Å². The van der Waals surface area contributed by atoms with Crippen molar-refractivity contribution in [2.75, 3.05) is 6.54 Å². The third-order valence-corrected chi connectivity index (χ3v) is 9.25. The van der Waals surface area contributed by atoms with Crippen molar-refractivity contribution in [1.82, 2.24) is 20.9 Å². The Morgan fingerprint density at radius 1 is 0.938 bits per heavy atom. The number of nitrogens with two attached hydrogens (primary N) is 1. The van der Waals surface area contributed by atoms with Gasteiger partial charge in [-0.3, -0.25) is 19.2 Å². The van der Waals surface area contributed by atoms with E-state index in [4.69, 9.17) is 10.5 Å². The van der Waals surface area contributed by atoms with Gasteiger partial charge in [0.1, 0.15) is 24.2 Å². The lowest BCUT2D eigenvalue weighted by molar-refractivity contribution is -0.152. The second-order valence-electron chi connectivity index (χ2n) is 15.5. The Morgan fingerprint density at radius 3 is 2.08 bits per heavy atom. The van der Waals surface area contributed by atoms with E-state index in [1.807, 2.05) is 58.0 Å². The molecule has 2 unspecified atom stereocenters. The van der Waals surface area contributed by atoms with E-state index in [1.165, 1.54) is 4.90 Å². The van der Waals surface area contributed by atoms with Crippen molar-refractivity contribution in [2.45, 2.75) is 118 Å². The second-order valence-corrected chi connectivity index (χ2v) is 15.5. The van der Waals surface area contributed by atoms with E-state index in [0.717, 1.165) is 18.4 Å². The predicted molar refractivity (Wildman–Crippen MR) is 181 cm³/mol. The number of likely N-dealkylation sites (tertiary alicyclic amines) is 1. The van der Waals surface area contributed by atoms with Crippen LogP contribution in [0, 0.1) is 29.1 Å². The number of carbonyl (C=O) groups excluding carboxylic acids is 6. The maximum atomic E-state index is 14.3. The van der Waals surface area contributed by atoms with Gasteiger partial charge in [0.05, 0.1) is 6.04 Å². The number of benzene rings is 1. The van der Waals surface area contributed by atoms with Crippen molar-refractivity contribution in [1.29, 1.82) is 0 Å². The number of Topliss-reactive ketones (excluding diaryl/α,β-unsaturated/α-hetero) is 1. The van der Waals surface area contributed by atoms with Crippen LogP contribution >= 0.6 is 0 Å². The molecule has 0 aromatic heterocycles. The molecule has 0 radical (unpaired) electrons. The molecule has 1 aromatic rings. The summed E-state index contributed by atoms with van der Waals surface area (Å²) in [5.74, 6) is -3.50. The summed E-state index contributed by atoms with van der Waals surface area (Å²) >= 11 is 0. The highest BCUT2D eigenvalue weighted by atomic mass is 16.5. The molecule has 266 valence electrons. The lowest BCUT2D eigenvalue weighted by Crippen LogP contribution is -2.63. The SMILES string of the molecule is CC(C)CC(C)(NC(=O)N[C@H](C(=O)N1CC[C@H](C(C)C)[C@H]1C(=O)NC(CC1CC1)C(=O)C(N)=O)C(C)(C)C)C(=O)OCc1ccccc1. The smallest absolute Gasteiger partial charge is 0.331 e. The molecule has 3 rings (SSSR count). The Morgan fingerprint density at radius 2 is 1.56 bits per heavy atom. The van der Waals surface area contributed by atoms with E-state index < -0.39 is 64.6 Å². The number of hydrogen-bond acceptors (Lipinski definition) is 7. The summed E-state index contributed by atoms with van der Waals surface area (Å²) in [6, 6.07) is 5.45. The minimum atomic E-state index is -1.39. The summed E-state index contributed by atoms with van der Waals surface area (Å²) in [6.07, 6.45) is 2.96. The summed E-state index contributed by atoms with van der Waals surface area (Å²) in [5.41, 5.74) is 3.93. The molecule has 5 N–H and O–H groups in total. The molecule has 1 heterocycles. The van der Waals surface area contributed by atoms with Crippen LogP contribution in [0.1, 0.15) is 93.1 Å². The molecule has 0 bridgehead atoms. The van der Waals surface area contributed by atoms with E-state index in [0.29, 0.717) is 19.3 Å². The summed E-state index contributed by atoms with van der Waals surface area (Å²) in [4.78, 5) is 81.1. The van der Waals surface area contributed by atoms with Gasteiger partial charge in [0.2, 0.25) is 17.6 Å². The van der Waals surface area contributed by atoms with Crippen molar-refractivity contribution in [2.24, 2.45) is 34.8 Å². The molecule has 2 fully saturated rings. The normalized spacial score (nSPS) is 20.4. The number of esters is 1. The predicted octanol–water partition coefficient (Wildman–Crippen LogP) is 3.46. The molecule has 1 aliphatic heterocycles. The molecule has 2 aliphatic rings. The van der Waals surface area contributed by atoms with Crippen LogP contribution in [-0.4, -0.2) is 70.6 Å². The minimum absolute atomic E-state index is 0.0234. The summed E-state index contributed by atoms with van der Waals surface area (Å²) in [6.45, 7) is 15.1. The quantitative estimate of drug-likeness (QED) is 0.163. The second kappa shape index (κ2) is 16.0. The van der Waals surface area contributed by atoms with Gasteiger partial charge in [0, 0.05) is 6.54 Å². The zero-order valence-corrected chi connectivity index (χ0v) is 29.8. The van der Waals surface area contributed by atoms with Gasteiger partial charge in [-0.15, -0.1) is 0 Å². The third kappa shape index (κ3) is 10.3. The molecule has 1 saturated carbocycles. The van der Waals surface area contributed by atoms with Gasteiger partial charge in [0.15, 0.2) is 0 Å². The molecule has 1 saturated heterocycles. The van der Waals surface area contributed by atoms with E-state index in [-0.39, 0.29) is 36.8 Å². The molecule has 12 heteroatoms. The van der Waals surface area contributed by atoms with Crippen LogP contribution in [-0.2, 0) is 35.3 Å². The molecule has 1 aliphatic carbocycles. The molecule has 1 aromatic carbocycles. The summed E-state index contributed by atoms with van der Waals surface area (Å²) < 4.78 is 5.61. The fourth-order valence-electron chi connectivity index (χ4n) is 6.56. The molecule has 5 atom stereocenters. The molecule has 5 amide bonds. The number of ketones is 1. The highest BCUT2D eigenvalue weighted by Crippen LogP contribution is 2.35. The number of rotatable bonds is 15. The van der Waals surface area contributed by atoms with Crippen molar-refractivity contribution in [3.05, 3.63) is 35.9 Å². The van der Waals surface area contributed by atoms with Crippen LogP contribution in [0.25, 0.3) is 0 Å². The highest BCUT2D eigenvalue weighted by Gasteiger charge is 2.48. The first kappa shape index (κ1) is 38.5. The number of carbonyl (C=O) groups is 6. The number of nitrogens with one attached hydrogen (secondary N) is 3. The zero-order valence-electron chi connectivity index (χ0n) is 29.8. The maximum Gasteiger partial charge on any atom is 0.331 e. The molecule has 12 nitrogen and oxygen atoms in total. The highest BCUT2D eigenvalue weighted by molar-refractivity contribution is 6.37. The molecular weight excluding hydrogens is 614 g/mol. The monoisotopic (exact) mass is 669 g/mol. The molecule has 48 heavy (non-hydrogen) atoms. The van der Waals surface area contributed by atoms with Crippen LogP contribution in [0.2, 0.25) is 0 Å².